The molecule has 244 valence electrons. The van der Waals surface area contributed by atoms with E-state index < -0.39 is 50.4 Å². The summed E-state index contributed by atoms with van der Waals surface area (Å²) in [6, 6.07) is 4.73. The van der Waals surface area contributed by atoms with Crippen molar-refractivity contribution >= 4 is 64.0 Å². The molecule has 0 radical (unpaired) electrons. The Labute approximate surface area is 267 Å². The van der Waals surface area contributed by atoms with Crippen LogP contribution in [0.2, 0.25) is 0 Å². The molecule has 14 nitrogen and oxygen atoms in total. The monoisotopic (exact) mass is 674 g/mol. The number of urea groups is 2. The van der Waals surface area contributed by atoms with Crippen LogP contribution >= 0.6 is 24.2 Å². The number of carbonyl (C=O) groups is 5. The van der Waals surface area contributed by atoms with Crippen LogP contribution in [0.25, 0.3) is 0 Å². The first-order valence-corrected chi connectivity index (χ1v) is 16.8. The predicted octanol–water partition coefficient (Wildman–Crippen LogP) is 1.34. The normalized spacial score (nSPS) is 23.0. The van der Waals surface area contributed by atoms with Gasteiger partial charge >= 0.3 is 18.0 Å². The van der Waals surface area contributed by atoms with Crippen LogP contribution in [0.1, 0.15) is 45.7 Å². The zero-order chi connectivity index (χ0) is 31.7. The number of amides is 6. The minimum Gasteiger partial charge on any atom is -0.461 e. The molecule has 3 saturated heterocycles. The highest BCUT2D eigenvalue weighted by Crippen LogP contribution is 2.56. The van der Waals surface area contributed by atoms with E-state index in [-0.39, 0.29) is 49.8 Å². The molecular formula is C27H39ClN6O8S2. The number of fused-ring (bicyclic) bond motifs is 1. The lowest BCUT2D eigenvalue weighted by Gasteiger charge is -2.47. The lowest BCUT2D eigenvalue weighted by molar-refractivity contribution is -0.178. The number of esters is 1. The molecule has 1 aromatic carbocycles. The van der Waals surface area contributed by atoms with Crippen molar-refractivity contribution in [2.45, 2.75) is 55.9 Å². The average Bonchev–Trinajstić information content (AvgIpc) is 3.42. The lowest BCUT2D eigenvalue weighted by atomic mass is 9.89. The van der Waals surface area contributed by atoms with Crippen molar-refractivity contribution in [3.63, 3.8) is 0 Å². The Morgan fingerprint density at radius 2 is 1.75 bits per heavy atom. The molecule has 0 bridgehead atoms. The van der Waals surface area contributed by atoms with Gasteiger partial charge in [-0.2, -0.15) is 0 Å². The summed E-state index contributed by atoms with van der Waals surface area (Å²) in [7, 11) is -3.90. The zero-order valence-corrected chi connectivity index (χ0v) is 27.7. The van der Waals surface area contributed by atoms with Gasteiger partial charge in [-0.15, -0.1) is 24.2 Å². The summed E-state index contributed by atoms with van der Waals surface area (Å²) in [5.74, 6) is -1.94. The first-order chi connectivity index (χ1) is 20.2. The number of benzene rings is 1. The molecule has 17 heteroatoms. The molecule has 3 fully saturated rings. The van der Waals surface area contributed by atoms with E-state index in [2.05, 4.69) is 15.5 Å². The molecule has 3 aliphatic heterocycles. The van der Waals surface area contributed by atoms with Crippen LogP contribution < -0.4 is 10.6 Å². The second-order valence-electron chi connectivity index (χ2n) is 11.0. The van der Waals surface area contributed by atoms with Crippen molar-refractivity contribution in [3.8, 4) is 0 Å². The number of thioether (sulfide) groups is 1. The Morgan fingerprint density at radius 3 is 2.30 bits per heavy atom. The fourth-order valence-corrected chi connectivity index (χ4v) is 8.01. The van der Waals surface area contributed by atoms with E-state index in [1.165, 1.54) is 16.7 Å². The third-order valence-corrected chi connectivity index (χ3v) is 10.7. The van der Waals surface area contributed by atoms with Crippen molar-refractivity contribution in [3.05, 3.63) is 35.9 Å². The fraction of sp³-hybridized carbons (Fsp3) is 0.593. The van der Waals surface area contributed by atoms with E-state index >= 15 is 0 Å². The number of ether oxygens (including phenoxy) is 1. The summed E-state index contributed by atoms with van der Waals surface area (Å²) in [4.78, 5) is 71.0. The summed E-state index contributed by atoms with van der Waals surface area (Å²) in [5.41, 5.74) is -1.55. The second-order valence-corrected chi connectivity index (χ2v) is 14.7. The number of rotatable bonds is 11. The number of nitrogens with one attached hydrogen (secondary N) is 2. The van der Waals surface area contributed by atoms with Gasteiger partial charge < -0.3 is 20.3 Å². The summed E-state index contributed by atoms with van der Waals surface area (Å²) < 4.78 is 29.2. The highest BCUT2D eigenvalue weighted by molar-refractivity contribution is 8.01. The van der Waals surface area contributed by atoms with Gasteiger partial charge in [0, 0.05) is 6.54 Å². The minimum absolute atomic E-state index is 0. The Balaban J connectivity index is 0.00000529. The third kappa shape index (κ3) is 6.48. The third-order valence-electron chi connectivity index (χ3n) is 7.98. The Morgan fingerprint density at radius 1 is 1.11 bits per heavy atom. The lowest BCUT2D eigenvalue weighted by Crippen LogP contribution is -2.76. The molecule has 3 heterocycles. The maximum absolute atomic E-state index is 14.1. The number of hydrogen-bond acceptors (Lipinski definition) is 10. The van der Waals surface area contributed by atoms with Crippen molar-refractivity contribution in [1.82, 2.24) is 29.6 Å². The van der Waals surface area contributed by atoms with Gasteiger partial charge in [0.05, 0.1) is 35.9 Å². The van der Waals surface area contributed by atoms with Gasteiger partial charge in [0.2, 0.25) is 27.5 Å². The van der Waals surface area contributed by atoms with Crippen LogP contribution in [0.15, 0.2) is 30.3 Å². The molecule has 6 amide bonds. The number of carbonyl (C=O) groups excluding carboxylic acids is 5. The summed E-state index contributed by atoms with van der Waals surface area (Å²) in [5, 5.41) is 4.95. The number of sulfonamides is 1. The first kappa shape index (κ1) is 35.4. The molecule has 0 spiro atoms. The average molecular weight is 675 g/mol. The van der Waals surface area contributed by atoms with Gasteiger partial charge in [0.15, 0.2) is 0 Å². The van der Waals surface area contributed by atoms with Gasteiger partial charge in [0.25, 0.3) is 0 Å². The van der Waals surface area contributed by atoms with E-state index in [0.717, 1.165) is 19.3 Å². The molecular weight excluding hydrogens is 636 g/mol. The Hall–Kier alpha value is -3.08. The van der Waals surface area contributed by atoms with Gasteiger partial charge in [-0.3, -0.25) is 14.5 Å². The van der Waals surface area contributed by atoms with Crippen LogP contribution in [-0.4, -0.2) is 119 Å². The summed E-state index contributed by atoms with van der Waals surface area (Å²) >= 11 is 1.37. The number of likely N-dealkylation sites (N-methyl/N-ethyl adjacent to an activating group) is 1. The molecule has 3 atom stereocenters. The maximum Gasteiger partial charge on any atom is 0.354 e. The smallest absolute Gasteiger partial charge is 0.354 e. The van der Waals surface area contributed by atoms with Crippen molar-refractivity contribution < 1.29 is 37.1 Å². The molecule has 2 N–H and O–H groups in total. The second kappa shape index (κ2) is 13.5. The molecule has 0 saturated carbocycles. The number of hydrogen-bond donors (Lipinski definition) is 2. The van der Waals surface area contributed by atoms with E-state index in [1.54, 1.807) is 44.2 Å². The molecule has 0 aliphatic carbocycles. The van der Waals surface area contributed by atoms with Gasteiger partial charge in [-0.1, -0.05) is 44.2 Å². The number of imide groups is 1. The van der Waals surface area contributed by atoms with Crippen LogP contribution in [-0.2, 0) is 29.1 Å². The van der Waals surface area contributed by atoms with E-state index in [0.29, 0.717) is 21.3 Å². The topological polar surface area (TPSA) is 166 Å². The largest absolute Gasteiger partial charge is 0.461 e. The summed E-state index contributed by atoms with van der Waals surface area (Å²) in [6.45, 7) is 9.04. The van der Waals surface area contributed by atoms with Gasteiger partial charge in [-0.25, -0.2) is 32.0 Å². The number of nitrogens with zero attached hydrogens (tertiary/aromatic N) is 4. The highest BCUT2D eigenvalue weighted by atomic mass is 35.5. The van der Waals surface area contributed by atoms with Gasteiger partial charge in [-0.05, 0) is 32.5 Å². The number of halogens is 1. The first-order valence-electron chi connectivity index (χ1n) is 14.0. The predicted molar refractivity (Wildman–Crippen MR) is 165 cm³/mol. The highest BCUT2D eigenvalue weighted by Gasteiger charge is 2.71. The zero-order valence-electron chi connectivity index (χ0n) is 25.3. The molecule has 44 heavy (non-hydrogen) atoms. The quantitative estimate of drug-likeness (QED) is 0.258. The molecule has 0 aromatic heterocycles. The number of β-lactam (4-membered cyclic amide) rings is 1. The molecule has 3 aliphatic rings. The minimum atomic E-state index is -3.90. The fourth-order valence-electron chi connectivity index (χ4n) is 5.53. The van der Waals surface area contributed by atoms with Gasteiger partial charge in [0.1, 0.15) is 12.6 Å². The standard InChI is InChI=1S/C27H38N6O8S2.ClH/c1-6-30(7-2)15-16-41-23(36)27(26(3,4)42-20-17-19(34)33(20)27)29-22(35)21(18-11-9-8-10-12-18)28-24(37)31-13-14-32(25(31)38)43(5,39)40;/h8-12,20-21H,6-7,13-17H2,1-5H3,(H,28,37)(H,29,35);1H/t20-,21?,27+;/m1./s1. The Bertz CT molecular complexity index is 1390. The van der Waals surface area contributed by atoms with E-state index in [4.69, 9.17) is 4.74 Å². The summed E-state index contributed by atoms with van der Waals surface area (Å²) in [6.07, 6.45) is 1.06. The van der Waals surface area contributed by atoms with E-state index in [9.17, 15) is 32.4 Å². The molecule has 1 unspecified atom stereocenters. The maximum atomic E-state index is 14.1. The van der Waals surface area contributed by atoms with Crippen molar-refractivity contribution in [1.29, 1.82) is 0 Å². The van der Waals surface area contributed by atoms with Crippen LogP contribution in [0.4, 0.5) is 9.59 Å². The van der Waals surface area contributed by atoms with Crippen LogP contribution in [0, 0.1) is 0 Å². The Kier molecular flexibility index (Phi) is 10.9. The molecule has 1 aromatic rings. The van der Waals surface area contributed by atoms with Crippen molar-refractivity contribution in [2.75, 3.05) is 45.6 Å². The van der Waals surface area contributed by atoms with Crippen LogP contribution in [0.3, 0.4) is 0 Å². The van der Waals surface area contributed by atoms with Crippen molar-refractivity contribution in [2.24, 2.45) is 0 Å². The van der Waals surface area contributed by atoms with Crippen LogP contribution in [0.5, 0.6) is 0 Å². The molecule has 4 rings (SSSR count). The SMILES string of the molecule is CCN(CC)CCOC(=O)[C@]1(NC(=O)C(NC(=O)N2CCN(S(C)(=O)=O)C2=O)c2ccccc2)N2C(=O)C[C@H]2SC1(C)C.Cl. The van der Waals surface area contributed by atoms with E-state index in [1.807, 2.05) is 13.8 Å².